The minimum Gasteiger partial charge on any atom is -0.454 e. The van der Waals surface area contributed by atoms with Crippen LogP contribution in [-0.2, 0) is 21.2 Å². The SMILES string of the molecule is Cc1ccc(C(=O)Nc2nc(Cc3ccc4c(c3)OCO4)c(C)s2)cc1S(=O)(=O)N1CCOCC1. The van der Waals surface area contributed by atoms with Gasteiger partial charge in [0.1, 0.15) is 0 Å². The Morgan fingerprint density at radius 2 is 1.86 bits per heavy atom. The molecule has 0 saturated carbocycles. The molecule has 1 saturated heterocycles. The van der Waals surface area contributed by atoms with Crippen LogP contribution in [0.1, 0.15) is 32.1 Å². The first-order valence-electron chi connectivity index (χ1n) is 11.2. The van der Waals surface area contributed by atoms with Crippen LogP contribution in [0, 0.1) is 13.8 Å². The Balaban J connectivity index is 1.32. The molecule has 11 heteroatoms. The summed E-state index contributed by atoms with van der Waals surface area (Å²) in [6, 6.07) is 10.5. The number of aromatic nitrogens is 1. The fourth-order valence-corrected chi connectivity index (χ4v) is 6.49. The van der Waals surface area contributed by atoms with Gasteiger partial charge in [-0.2, -0.15) is 4.31 Å². The summed E-state index contributed by atoms with van der Waals surface area (Å²) in [6.07, 6.45) is 0.585. The monoisotopic (exact) mass is 515 g/mol. The van der Waals surface area contributed by atoms with Crippen molar-refractivity contribution in [3.05, 3.63) is 63.7 Å². The molecule has 0 radical (unpaired) electrons. The fraction of sp³-hybridized carbons (Fsp3) is 0.333. The van der Waals surface area contributed by atoms with Crippen molar-refractivity contribution >= 4 is 32.4 Å². The minimum absolute atomic E-state index is 0.130. The average molecular weight is 516 g/mol. The number of ether oxygens (including phenoxy) is 3. The molecule has 3 heterocycles. The van der Waals surface area contributed by atoms with Gasteiger partial charge >= 0.3 is 0 Å². The summed E-state index contributed by atoms with van der Waals surface area (Å²) in [5.41, 5.74) is 2.72. The van der Waals surface area contributed by atoms with Gasteiger partial charge in [0, 0.05) is 30.0 Å². The van der Waals surface area contributed by atoms with Crippen molar-refractivity contribution in [1.29, 1.82) is 0 Å². The number of hydrogen-bond donors (Lipinski definition) is 1. The van der Waals surface area contributed by atoms with Crippen LogP contribution in [0.15, 0.2) is 41.3 Å². The Bertz CT molecular complexity index is 1380. The number of nitrogens with zero attached hydrogens (tertiary/aromatic N) is 2. The molecule has 0 unspecified atom stereocenters. The number of fused-ring (bicyclic) bond motifs is 1. The molecule has 2 aromatic carbocycles. The van der Waals surface area contributed by atoms with E-state index in [0.717, 1.165) is 21.9 Å². The molecule has 9 nitrogen and oxygen atoms in total. The van der Waals surface area contributed by atoms with Gasteiger partial charge in [0.15, 0.2) is 16.6 Å². The van der Waals surface area contributed by atoms with E-state index in [-0.39, 0.29) is 17.3 Å². The zero-order valence-electron chi connectivity index (χ0n) is 19.4. The summed E-state index contributed by atoms with van der Waals surface area (Å²) in [5, 5.41) is 3.28. The molecule has 0 bridgehead atoms. The van der Waals surface area contributed by atoms with Gasteiger partial charge < -0.3 is 14.2 Å². The zero-order chi connectivity index (χ0) is 24.6. The number of thiazole rings is 1. The number of morpholine rings is 1. The van der Waals surface area contributed by atoms with Gasteiger partial charge in [-0.25, -0.2) is 13.4 Å². The molecule has 2 aliphatic rings. The number of hydrogen-bond acceptors (Lipinski definition) is 8. The minimum atomic E-state index is -3.72. The normalized spacial score (nSPS) is 15.8. The van der Waals surface area contributed by atoms with Crippen molar-refractivity contribution in [3.8, 4) is 11.5 Å². The van der Waals surface area contributed by atoms with E-state index in [1.54, 1.807) is 19.1 Å². The molecule has 1 amide bonds. The highest BCUT2D eigenvalue weighted by Crippen LogP contribution is 2.34. The summed E-state index contributed by atoms with van der Waals surface area (Å²) >= 11 is 1.38. The average Bonchev–Trinajstić information content (AvgIpc) is 3.45. The van der Waals surface area contributed by atoms with Gasteiger partial charge in [-0.1, -0.05) is 12.1 Å². The van der Waals surface area contributed by atoms with Crippen LogP contribution in [0.25, 0.3) is 0 Å². The maximum atomic E-state index is 13.1. The number of aryl methyl sites for hydroxylation is 2. The lowest BCUT2D eigenvalue weighted by atomic mass is 10.1. The predicted molar refractivity (Wildman–Crippen MR) is 131 cm³/mol. The van der Waals surface area contributed by atoms with Crippen molar-refractivity contribution in [2.24, 2.45) is 0 Å². The maximum Gasteiger partial charge on any atom is 0.257 e. The maximum absolute atomic E-state index is 13.1. The number of carbonyl (C=O) groups is 1. The number of anilines is 1. The predicted octanol–water partition coefficient (Wildman–Crippen LogP) is 3.35. The fourth-order valence-electron chi connectivity index (χ4n) is 4.00. The van der Waals surface area contributed by atoms with Crippen LogP contribution in [0.2, 0.25) is 0 Å². The standard InChI is InChI=1S/C24H25N3O6S2/c1-15-3-5-18(13-22(15)35(29,30)27-7-9-31-10-8-27)23(28)26-24-25-19(16(2)34-24)11-17-4-6-20-21(12-17)33-14-32-20/h3-6,12-13H,7-11,14H2,1-2H3,(H,25,26,28). The van der Waals surface area contributed by atoms with E-state index >= 15 is 0 Å². The summed E-state index contributed by atoms with van der Waals surface area (Å²) in [5.74, 6) is 1.03. The van der Waals surface area contributed by atoms with Crippen molar-refractivity contribution < 1.29 is 27.4 Å². The molecule has 1 fully saturated rings. The molecule has 1 aromatic heterocycles. The molecular weight excluding hydrogens is 490 g/mol. The summed E-state index contributed by atoms with van der Waals surface area (Å²) in [7, 11) is -3.72. The Kier molecular flexibility index (Phi) is 6.49. The van der Waals surface area contributed by atoms with E-state index in [1.165, 1.54) is 21.7 Å². The number of benzene rings is 2. The quantitative estimate of drug-likeness (QED) is 0.537. The number of amides is 1. The highest BCUT2D eigenvalue weighted by Gasteiger charge is 2.28. The van der Waals surface area contributed by atoms with Crippen LogP contribution in [-0.4, -0.2) is 56.7 Å². The third-order valence-corrected chi connectivity index (χ3v) is 8.93. The largest absolute Gasteiger partial charge is 0.454 e. The van der Waals surface area contributed by atoms with Crippen molar-refractivity contribution in [3.63, 3.8) is 0 Å². The Hall–Kier alpha value is -2.99. The number of nitrogens with one attached hydrogen (secondary N) is 1. The van der Waals surface area contributed by atoms with Crippen LogP contribution in [0.4, 0.5) is 5.13 Å². The van der Waals surface area contributed by atoms with Gasteiger partial charge in [-0.05, 0) is 49.2 Å². The molecule has 2 aliphatic heterocycles. The van der Waals surface area contributed by atoms with Crippen LogP contribution >= 0.6 is 11.3 Å². The molecule has 184 valence electrons. The molecule has 0 aliphatic carbocycles. The second-order valence-electron chi connectivity index (χ2n) is 8.34. The van der Waals surface area contributed by atoms with Crippen LogP contribution in [0.5, 0.6) is 11.5 Å². The van der Waals surface area contributed by atoms with Crippen molar-refractivity contribution in [2.45, 2.75) is 25.2 Å². The zero-order valence-corrected chi connectivity index (χ0v) is 21.0. The molecular formula is C24H25N3O6S2. The van der Waals surface area contributed by atoms with E-state index in [1.807, 2.05) is 25.1 Å². The van der Waals surface area contributed by atoms with E-state index < -0.39 is 15.9 Å². The number of sulfonamides is 1. The van der Waals surface area contributed by atoms with E-state index in [2.05, 4.69) is 10.3 Å². The smallest absolute Gasteiger partial charge is 0.257 e. The van der Waals surface area contributed by atoms with Gasteiger partial charge in [-0.15, -0.1) is 11.3 Å². The Labute approximate surface area is 207 Å². The van der Waals surface area contributed by atoms with Gasteiger partial charge in [0.25, 0.3) is 5.91 Å². The van der Waals surface area contributed by atoms with Crippen molar-refractivity contribution in [1.82, 2.24) is 9.29 Å². The Morgan fingerprint density at radius 3 is 2.66 bits per heavy atom. The first-order chi connectivity index (χ1) is 16.8. The Morgan fingerprint density at radius 1 is 1.09 bits per heavy atom. The molecule has 0 spiro atoms. The molecule has 5 rings (SSSR count). The summed E-state index contributed by atoms with van der Waals surface area (Å²) < 4.78 is 43.8. The van der Waals surface area contributed by atoms with Crippen molar-refractivity contribution in [2.75, 3.05) is 38.4 Å². The first-order valence-corrected chi connectivity index (χ1v) is 13.4. The van der Waals surface area contributed by atoms with Gasteiger partial charge in [0.05, 0.1) is 23.8 Å². The number of carbonyl (C=O) groups excluding carboxylic acids is 1. The molecule has 35 heavy (non-hydrogen) atoms. The van der Waals surface area contributed by atoms with Gasteiger partial charge in [0.2, 0.25) is 16.8 Å². The molecule has 0 atom stereocenters. The second kappa shape index (κ2) is 9.57. The van der Waals surface area contributed by atoms with Gasteiger partial charge in [-0.3, -0.25) is 10.1 Å². The lowest BCUT2D eigenvalue weighted by Gasteiger charge is -2.26. The molecule has 1 N–H and O–H groups in total. The van der Waals surface area contributed by atoms with E-state index in [9.17, 15) is 13.2 Å². The highest BCUT2D eigenvalue weighted by atomic mass is 32.2. The summed E-state index contributed by atoms with van der Waals surface area (Å²) in [4.78, 5) is 18.7. The van der Waals surface area contributed by atoms with E-state index in [4.69, 9.17) is 14.2 Å². The number of rotatable bonds is 6. The van der Waals surface area contributed by atoms with Crippen LogP contribution in [0.3, 0.4) is 0 Å². The highest BCUT2D eigenvalue weighted by molar-refractivity contribution is 7.89. The second-order valence-corrected chi connectivity index (χ2v) is 11.4. The van der Waals surface area contributed by atoms with Crippen LogP contribution < -0.4 is 14.8 Å². The first kappa shape index (κ1) is 23.7. The molecule has 3 aromatic rings. The lowest BCUT2D eigenvalue weighted by molar-refractivity contribution is 0.0730. The lowest BCUT2D eigenvalue weighted by Crippen LogP contribution is -2.40. The van der Waals surface area contributed by atoms with E-state index in [0.29, 0.717) is 49.2 Å². The summed E-state index contributed by atoms with van der Waals surface area (Å²) in [6.45, 7) is 5.20. The topological polar surface area (TPSA) is 107 Å². The third kappa shape index (κ3) is 4.90. The third-order valence-electron chi connectivity index (χ3n) is 5.96.